The third-order valence-electron chi connectivity index (χ3n) is 3.43. The number of nitrogens with two attached hydrogens (primary N) is 1. The van der Waals surface area contributed by atoms with Crippen LogP contribution in [-0.4, -0.2) is 20.2 Å². The van der Waals surface area contributed by atoms with Gasteiger partial charge < -0.3 is 15.8 Å². The first-order valence-corrected chi connectivity index (χ1v) is 7.18. The number of hydrogen-bond acceptors (Lipinski definition) is 3. The van der Waals surface area contributed by atoms with Crippen LogP contribution in [0.4, 0.5) is 0 Å². The van der Waals surface area contributed by atoms with Crippen molar-refractivity contribution in [1.29, 1.82) is 0 Å². The molecule has 0 atom stereocenters. The first kappa shape index (κ1) is 16.0. The van der Waals surface area contributed by atoms with E-state index in [2.05, 4.69) is 38.2 Å². The fourth-order valence-corrected chi connectivity index (χ4v) is 2.18. The second-order valence-electron chi connectivity index (χ2n) is 5.35. The van der Waals surface area contributed by atoms with Gasteiger partial charge in [-0.3, -0.25) is 0 Å². The summed E-state index contributed by atoms with van der Waals surface area (Å²) in [4.78, 5) is 0. The Kier molecular flexibility index (Phi) is 6.89. The van der Waals surface area contributed by atoms with E-state index in [0.717, 1.165) is 38.2 Å². The number of ether oxygens (including phenoxy) is 1. The largest absolute Gasteiger partial charge is 0.496 e. The lowest BCUT2D eigenvalue weighted by Gasteiger charge is -2.16. The van der Waals surface area contributed by atoms with Gasteiger partial charge in [0, 0.05) is 6.54 Å². The summed E-state index contributed by atoms with van der Waals surface area (Å²) in [5, 5.41) is 3.48. The van der Waals surface area contributed by atoms with Crippen molar-refractivity contribution < 1.29 is 4.74 Å². The van der Waals surface area contributed by atoms with E-state index in [-0.39, 0.29) is 0 Å². The minimum absolute atomic E-state index is 0.478. The van der Waals surface area contributed by atoms with Gasteiger partial charge in [0.25, 0.3) is 0 Å². The van der Waals surface area contributed by atoms with Crippen LogP contribution in [0, 0.1) is 6.92 Å². The molecular weight excluding hydrogens is 236 g/mol. The molecule has 0 radical (unpaired) electrons. The molecule has 1 aromatic rings. The maximum Gasteiger partial charge on any atom is 0.122 e. The van der Waals surface area contributed by atoms with Crippen molar-refractivity contribution in [2.45, 2.75) is 46.1 Å². The monoisotopic (exact) mass is 264 g/mol. The van der Waals surface area contributed by atoms with Gasteiger partial charge in [0.1, 0.15) is 5.75 Å². The molecule has 108 valence electrons. The third-order valence-corrected chi connectivity index (χ3v) is 3.43. The van der Waals surface area contributed by atoms with Crippen LogP contribution in [-0.2, 0) is 6.54 Å². The van der Waals surface area contributed by atoms with Gasteiger partial charge in [0.15, 0.2) is 0 Å². The highest BCUT2D eigenvalue weighted by Gasteiger charge is 2.10. The van der Waals surface area contributed by atoms with Gasteiger partial charge in [0.2, 0.25) is 0 Å². The van der Waals surface area contributed by atoms with E-state index < -0.39 is 0 Å². The molecule has 3 heteroatoms. The van der Waals surface area contributed by atoms with E-state index in [9.17, 15) is 0 Å². The number of aryl methyl sites for hydroxylation is 1. The summed E-state index contributed by atoms with van der Waals surface area (Å²) >= 11 is 0. The summed E-state index contributed by atoms with van der Waals surface area (Å²) < 4.78 is 5.47. The predicted molar refractivity (Wildman–Crippen MR) is 81.8 cm³/mol. The normalized spacial score (nSPS) is 11.1. The molecule has 0 aliphatic rings. The number of hydrogen-bond donors (Lipinski definition) is 2. The van der Waals surface area contributed by atoms with Crippen LogP contribution in [0.3, 0.4) is 0 Å². The molecule has 0 fully saturated rings. The molecule has 0 amide bonds. The number of methoxy groups -OCH3 is 1. The Morgan fingerprint density at radius 3 is 2.58 bits per heavy atom. The van der Waals surface area contributed by atoms with Crippen LogP contribution in [0.25, 0.3) is 0 Å². The fraction of sp³-hybridized carbons (Fsp3) is 0.625. The molecular formula is C16H28N2O. The van der Waals surface area contributed by atoms with E-state index in [1.807, 2.05) is 0 Å². The lowest BCUT2D eigenvalue weighted by molar-refractivity contribution is 0.407. The van der Waals surface area contributed by atoms with Gasteiger partial charge in [-0.1, -0.05) is 19.9 Å². The Morgan fingerprint density at radius 1 is 1.26 bits per heavy atom. The molecule has 3 N–H and O–H groups in total. The molecule has 0 saturated carbocycles. The van der Waals surface area contributed by atoms with Crippen molar-refractivity contribution in [1.82, 2.24) is 5.32 Å². The Labute approximate surface area is 117 Å². The predicted octanol–water partition coefficient (Wildman–Crippen LogP) is 2.96. The Morgan fingerprint density at radius 2 is 2.00 bits per heavy atom. The van der Waals surface area contributed by atoms with Crippen LogP contribution < -0.4 is 15.8 Å². The zero-order valence-electron chi connectivity index (χ0n) is 12.8. The van der Waals surface area contributed by atoms with Crippen molar-refractivity contribution in [2.24, 2.45) is 5.73 Å². The SMILES string of the molecule is COc1cc(C)c(CNCCCCN)cc1C(C)C. The minimum atomic E-state index is 0.478. The summed E-state index contributed by atoms with van der Waals surface area (Å²) in [6, 6.07) is 4.42. The second kappa shape index (κ2) is 8.18. The average Bonchev–Trinajstić information content (AvgIpc) is 2.39. The molecule has 0 unspecified atom stereocenters. The van der Waals surface area contributed by atoms with Gasteiger partial charge in [0.05, 0.1) is 7.11 Å². The van der Waals surface area contributed by atoms with E-state index >= 15 is 0 Å². The van der Waals surface area contributed by atoms with Crippen LogP contribution >= 0.6 is 0 Å². The minimum Gasteiger partial charge on any atom is -0.496 e. The summed E-state index contributed by atoms with van der Waals surface area (Å²) in [5.74, 6) is 1.48. The average molecular weight is 264 g/mol. The maximum absolute atomic E-state index is 5.49. The smallest absolute Gasteiger partial charge is 0.122 e. The first-order chi connectivity index (χ1) is 9.10. The Balaban J connectivity index is 2.70. The van der Waals surface area contributed by atoms with Crippen molar-refractivity contribution in [2.75, 3.05) is 20.2 Å². The summed E-state index contributed by atoms with van der Waals surface area (Å²) in [5.41, 5.74) is 9.42. The van der Waals surface area contributed by atoms with Crippen molar-refractivity contribution in [3.63, 3.8) is 0 Å². The molecule has 0 saturated heterocycles. The van der Waals surface area contributed by atoms with Crippen molar-refractivity contribution in [3.8, 4) is 5.75 Å². The van der Waals surface area contributed by atoms with Crippen LogP contribution in [0.1, 0.15) is 49.3 Å². The molecule has 0 aromatic heterocycles. The van der Waals surface area contributed by atoms with Gasteiger partial charge in [-0.25, -0.2) is 0 Å². The molecule has 0 aliphatic carbocycles. The van der Waals surface area contributed by atoms with Crippen molar-refractivity contribution >= 4 is 0 Å². The van der Waals surface area contributed by atoms with Crippen LogP contribution in [0.2, 0.25) is 0 Å². The van der Waals surface area contributed by atoms with E-state index in [0.29, 0.717) is 5.92 Å². The molecule has 0 spiro atoms. The quantitative estimate of drug-likeness (QED) is 0.710. The number of unbranched alkanes of at least 4 members (excludes halogenated alkanes) is 1. The zero-order chi connectivity index (χ0) is 14.3. The molecule has 1 aromatic carbocycles. The number of rotatable bonds is 8. The number of benzene rings is 1. The molecule has 19 heavy (non-hydrogen) atoms. The maximum atomic E-state index is 5.49. The molecule has 0 heterocycles. The Hall–Kier alpha value is -1.06. The standard InChI is InChI=1S/C16H28N2O/c1-12(2)15-10-14(11-18-8-6-5-7-17)13(3)9-16(15)19-4/h9-10,12,18H,5-8,11,17H2,1-4H3. The first-order valence-electron chi connectivity index (χ1n) is 7.18. The third kappa shape index (κ3) is 4.84. The highest BCUT2D eigenvalue weighted by atomic mass is 16.5. The van der Waals surface area contributed by atoms with Gasteiger partial charge in [-0.05, 0) is 61.5 Å². The van der Waals surface area contributed by atoms with E-state index in [1.54, 1.807) is 7.11 Å². The second-order valence-corrected chi connectivity index (χ2v) is 5.35. The van der Waals surface area contributed by atoms with Gasteiger partial charge in [-0.2, -0.15) is 0 Å². The van der Waals surface area contributed by atoms with Crippen LogP contribution in [0.5, 0.6) is 5.75 Å². The highest BCUT2D eigenvalue weighted by molar-refractivity contribution is 5.43. The topological polar surface area (TPSA) is 47.3 Å². The Bertz CT molecular complexity index is 389. The number of nitrogens with one attached hydrogen (secondary N) is 1. The molecule has 3 nitrogen and oxygen atoms in total. The molecule has 0 aliphatic heterocycles. The summed E-state index contributed by atoms with van der Waals surface area (Å²) in [6.45, 7) is 9.27. The fourth-order valence-electron chi connectivity index (χ4n) is 2.18. The van der Waals surface area contributed by atoms with E-state index in [1.165, 1.54) is 16.7 Å². The summed E-state index contributed by atoms with van der Waals surface area (Å²) in [7, 11) is 1.74. The summed E-state index contributed by atoms with van der Waals surface area (Å²) in [6.07, 6.45) is 2.23. The lowest BCUT2D eigenvalue weighted by atomic mass is 9.96. The van der Waals surface area contributed by atoms with Gasteiger partial charge in [-0.15, -0.1) is 0 Å². The van der Waals surface area contributed by atoms with Gasteiger partial charge >= 0.3 is 0 Å². The lowest BCUT2D eigenvalue weighted by Crippen LogP contribution is -2.17. The zero-order valence-corrected chi connectivity index (χ0v) is 12.8. The van der Waals surface area contributed by atoms with E-state index in [4.69, 9.17) is 10.5 Å². The van der Waals surface area contributed by atoms with Crippen LogP contribution in [0.15, 0.2) is 12.1 Å². The molecule has 1 rings (SSSR count). The highest BCUT2D eigenvalue weighted by Crippen LogP contribution is 2.29. The van der Waals surface area contributed by atoms with Crippen molar-refractivity contribution in [3.05, 3.63) is 28.8 Å². The molecule has 0 bridgehead atoms.